The Morgan fingerprint density at radius 1 is 0.906 bits per heavy atom. The van der Waals surface area contributed by atoms with Gasteiger partial charge in [-0.3, -0.25) is 14.2 Å². The largest absolute Gasteiger partial charge is 0.497 e. The molecule has 1 aromatic heterocycles. The summed E-state index contributed by atoms with van der Waals surface area (Å²) in [6, 6.07) is 22.3. The number of esters is 1. The van der Waals surface area contributed by atoms with E-state index in [9.17, 15) is 9.59 Å². The van der Waals surface area contributed by atoms with Crippen LogP contribution in [-0.4, -0.2) is 24.8 Å². The molecule has 160 valence electrons. The van der Waals surface area contributed by atoms with Crippen molar-refractivity contribution < 1.29 is 19.0 Å². The van der Waals surface area contributed by atoms with Crippen LogP contribution in [0.15, 0.2) is 77.6 Å². The second-order valence-corrected chi connectivity index (χ2v) is 7.57. The minimum atomic E-state index is -0.515. The number of carbonyl (C=O) groups excluding carboxylic acids is 1. The molecular weight excluding hydrogens is 406 g/mol. The second kappa shape index (κ2) is 7.89. The molecule has 32 heavy (non-hydrogen) atoms. The minimum Gasteiger partial charge on any atom is -0.497 e. The van der Waals surface area contributed by atoms with Crippen LogP contribution in [0.2, 0.25) is 0 Å². The van der Waals surface area contributed by atoms with Crippen molar-refractivity contribution in [3.05, 3.63) is 94.3 Å². The summed E-state index contributed by atoms with van der Waals surface area (Å²) in [6.07, 6.45) is 0.0397. The van der Waals surface area contributed by atoms with Crippen LogP contribution < -0.4 is 19.8 Å². The minimum absolute atomic E-state index is 0.0397. The first-order chi connectivity index (χ1) is 15.6. The number of methoxy groups -OCH3 is 2. The number of pyridine rings is 1. The van der Waals surface area contributed by atoms with Gasteiger partial charge in [-0.15, -0.1) is 0 Å². The number of para-hydroxylation sites is 2. The molecule has 0 spiro atoms. The van der Waals surface area contributed by atoms with Gasteiger partial charge in [0.1, 0.15) is 17.2 Å². The van der Waals surface area contributed by atoms with E-state index >= 15 is 0 Å². The van der Waals surface area contributed by atoms with E-state index in [-0.39, 0.29) is 17.9 Å². The lowest BCUT2D eigenvalue weighted by Crippen LogP contribution is -2.32. The lowest BCUT2D eigenvalue weighted by atomic mass is 9.85. The van der Waals surface area contributed by atoms with Gasteiger partial charge in [0, 0.05) is 28.6 Å². The van der Waals surface area contributed by atoms with Gasteiger partial charge in [-0.2, -0.15) is 0 Å². The number of hydrogen-bond donors (Lipinski definition) is 0. The number of benzene rings is 3. The van der Waals surface area contributed by atoms with Crippen molar-refractivity contribution in [3.8, 4) is 22.9 Å². The van der Waals surface area contributed by atoms with Gasteiger partial charge in [0.25, 0.3) is 5.56 Å². The Balaban J connectivity index is 1.85. The number of fused-ring (bicyclic) bond motifs is 3. The van der Waals surface area contributed by atoms with E-state index in [1.807, 2.05) is 60.7 Å². The van der Waals surface area contributed by atoms with Crippen molar-refractivity contribution in [2.45, 2.75) is 12.3 Å². The van der Waals surface area contributed by atoms with Crippen LogP contribution >= 0.6 is 0 Å². The smallest absolute Gasteiger partial charge is 0.312 e. The normalized spacial score (nSPS) is 15.2. The maximum Gasteiger partial charge on any atom is 0.312 e. The Bertz CT molecular complexity index is 1390. The van der Waals surface area contributed by atoms with E-state index < -0.39 is 5.92 Å². The molecule has 0 fully saturated rings. The van der Waals surface area contributed by atoms with E-state index in [0.29, 0.717) is 33.7 Å². The first kappa shape index (κ1) is 19.9. The molecule has 1 unspecified atom stereocenters. The molecule has 6 nitrogen and oxygen atoms in total. The van der Waals surface area contributed by atoms with E-state index in [4.69, 9.17) is 14.2 Å². The molecule has 0 amide bonds. The van der Waals surface area contributed by atoms with Gasteiger partial charge < -0.3 is 14.2 Å². The zero-order valence-electron chi connectivity index (χ0n) is 17.7. The molecule has 2 heterocycles. The quantitative estimate of drug-likeness (QED) is 0.450. The summed E-state index contributed by atoms with van der Waals surface area (Å²) in [5, 5.41) is 0.705. The Hall–Kier alpha value is -4.06. The van der Waals surface area contributed by atoms with E-state index in [2.05, 4.69) is 0 Å². The van der Waals surface area contributed by atoms with Crippen molar-refractivity contribution in [3.63, 3.8) is 0 Å². The van der Waals surface area contributed by atoms with Crippen LogP contribution in [0.1, 0.15) is 23.5 Å². The summed E-state index contributed by atoms with van der Waals surface area (Å²) in [4.78, 5) is 26.6. The average Bonchev–Trinajstić information content (AvgIpc) is 2.84. The molecule has 1 aliphatic rings. The summed E-state index contributed by atoms with van der Waals surface area (Å²) in [5.41, 5.74) is 2.38. The van der Waals surface area contributed by atoms with Crippen molar-refractivity contribution in [2.75, 3.05) is 14.2 Å². The number of hydrogen-bond acceptors (Lipinski definition) is 5. The molecule has 0 saturated heterocycles. The lowest BCUT2D eigenvalue weighted by molar-refractivity contribution is -0.135. The average molecular weight is 427 g/mol. The zero-order chi connectivity index (χ0) is 22.2. The molecule has 4 aromatic rings. The molecule has 0 aliphatic carbocycles. The Kier molecular flexibility index (Phi) is 4.90. The number of carbonyl (C=O) groups is 1. The third-order valence-electron chi connectivity index (χ3n) is 5.83. The number of nitrogens with zero attached hydrogens (tertiary/aromatic N) is 1. The molecule has 0 bridgehead atoms. The summed E-state index contributed by atoms with van der Waals surface area (Å²) in [6.45, 7) is 0. The van der Waals surface area contributed by atoms with Crippen molar-refractivity contribution in [1.29, 1.82) is 0 Å². The Labute approximate surface area is 184 Å². The van der Waals surface area contributed by atoms with Crippen LogP contribution in [0, 0.1) is 0 Å². The number of rotatable bonds is 4. The van der Waals surface area contributed by atoms with Crippen molar-refractivity contribution in [2.24, 2.45) is 0 Å². The van der Waals surface area contributed by atoms with E-state index in [0.717, 1.165) is 11.3 Å². The molecule has 6 heteroatoms. The topological polar surface area (TPSA) is 66.8 Å². The van der Waals surface area contributed by atoms with Crippen LogP contribution in [-0.2, 0) is 4.79 Å². The maximum atomic E-state index is 13.9. The van der Waals surface area contributed by atoms with E-state index in [1.165, 1.54) is 0 Å². The molecular formula is C26H21NO5. The molecule has 0 radical (unpaired) electrons. The summed E-state index contributed by atoms with van der Waals surface area (Å²) in [5.74, 6) is 0.594. The SMILES string of the molecule is COc1ccc(C2CC(=O)Oc3c2c(=O)n(-c2ccccc2)c2ccccc32)c(OC)c1. The molecule has 3 aromatic carbocycles. The van der Waals surface area contributed by atoms with Crippen LogP contribution in [0.5, 0.6) is 17.2 Å². The maximum absolute atomic E-state index is 13.9. The third-order valence-corrected chi connectivity index (χ3v) is 5.83. The fourth-order valence-corrected chi connectivity index (χ4v) is 4.38. The molecule has 0 N–H and O–H groups in total. The van der Waals surface area contributed by atoms with Crippen LogP contribution in [0.25, 0.3) is 16.6 Å². The fraction of sp³-hybridized carbons (Fsp3) is 0.154. The van der Waals surface area contributed by atoms with Gasteiger partial charge in [0.2, 0.25) is 0 Å². The van der Waals surface area contributed by atoms with Gasteiger partial charge in [0.15, 0.2) is 0 Å². The van der Waals surface area contributed by atoms with Gasteiger partial charge in [-0.25, -0.2) is 0 Å². The fourth-order valence-electron chi connectivity index (χ4n) is 4.38. The second-order valence-electron chi connectivity index (χ2n) is 7.57. The Morgan fingerprint density at radius 3 is 2.41 bits per heavy atom. The first-order valence-corrected chi connectivity index (χ1v) is 10.3. The third kappa shape index (κ3) is 3.12. The summed E-state index contributed by atoms with van der Waals surface area (Å²) >= 11 is 0. The zero-order valence-corrected chi connectivity index (χ0v) is 17.7. The summed E-state index contributed by atoms with van der Waals surface area (Å²) < 4.78 is 18.2. The highest BCUT2D eigenvalue weighted by Crippen LogP contribution is 2.44. The van der Waals surface area contributed by atoms with Crippen LogP contribution in [0.3, 0.4) is 0 Å². The monoisotopic (exact) mass is 427 g/mol. The van der Waals surface area contributed by atoms with E-state index in [1.54, 1.807) is 30.9 Å². The Morgan fingerprint density at radius 2 is 1.66 bits per heavy atom. The molecule has 1 atom stereocenters. The highest BCUT2D eigenvalue weighted by atomic mass is 16.5. The number of aromatic nitrogens is 1. The first-order valence-electron chi connectivity index (χ1n) is 10.3. The summed E-state index contributed by atoms with van der Waals surface area (Å²) in [7, 11) is 3.13. The molecule has 1 aliphatic heterocycles. The highest BCUT2D eigenvalue weighted by molar-refractivity contribution is 5.92. The van der Waals surface area contributed by atoms with Gasteiger partial charge in [-0.1, -0.05) is 36.4 Å². The van der Waals surface area contributed by atoms with Gasteiger partial charge in [-0.05, 0) is 30.3 Å². The van der Waals surface area contributed by atoms with Gasteiger partial charge >= 0.3 is 5.97 Å². The van der Waals surface area contributed by atoms with Crippen LogP contribution in [0.4, 0.5) is 0 Å². The highest BCUT2D eigenvalue weighted by Gasteiger charge is 2.35. The predicted molar refractivity (Wildman–Crippen MR) is 121 cm³/mol. The van der Waals surface area contributed by atoms with Crippen molar-refractivity contribution >= 4 is 16.9 Å². The van der Waals surface area contributed by atoms with Crippen molar-refractivity contribution in [1.82, 2.24) is 4.57 Å². The predicted octanol–water partition coefficient (Wildman–Crippen LogP) is 4.45. The molecule has 0 saturated carbocycles. The standard InChI is InChI=1S/C26H21NO5/c1-30-17-12-13-18(22(14-17)31-2)20-15-23(28)32-25-19-10-6-7-11-21(19)27(26(29)24(20)25)16-8-4-3-5-9-16/h3-14,20H,15H2,1-2H3. The number of ether oxygens (including phenoxy) is 3. The lowest BCUT2D eigenvalue weighted by Gasteiger charge is -2.28. The van der Waals surface area contributed by atoms with Gasteiger partial charge in [0.05, 0.1) is 31.7 Å². The molecule has 5 rings (SSSR count).